The quantitative estimate of drug-likeness (QED) is 0.802. The topological polar surface area (TPSA) is 38.3 Å². The number of carbonyl (C=O) groups is 1. The van der Waals surface area contributed by atoms with Crippen LogP contribution in [0.3, 0.4) is 0 Å². The van der Waals surface area contributed by atoms with Crippen molar-refractivity contribution in [3.05, 3.63) is 29.8 Å². The molecule has 0 saturated heterocycles. The minimum Gasteiger partial charge on any atom is -0.497 e. The van der Waals surface area contributed by atoms with Crippen molar-refractivity contribution in [1.82, 2.24) is 5.32 Å². The number of nitrogens with one attached hydrogen (secondary N) is 1. The molecule has 0 fully saturated rings. The van der Waals surface area contributed by atoms with E-state index in [1.54, 1.807) is 21.0 Å². The molecule has 1 N–H and O–H groups in total. The van der Waals surface area contributed by atoms with Gasteiger partial charge in [0.1, 0.15) is 5.75 Å². The van der Waals surface area contributed by atoms with Gasteiger partial charge in [-0.2, -0.15) is 0 Å². The first-order valence-electron chi connectivity index (χ1n) is 5.38. The van der Waals surface area contributed by atoms with E-state index in [0.717, 1.165) is 11.3 Å². The predicted octanol–water partition coefficient (Wildman–Crippen LogP) is 1.77. The summed E-state index contributed by atoms with van der Waals surface area (Å²) < 4.78 is 5.09. The third-order valence-corrected chi connectivity index (χ3v) is 2.31. The molecule has 1 rings (SSSR count). The van der Waals surface area contributed by atoms with Crippen LogP contribution >= 0.6 is 0 Å². The van der Waals surface area contributed by atoms with Crippen LogP contribution in [0.2, 0.25) is 0 Å². The summed E-state index contributed by atoms with van der Waals surface area (Å²) in [4.78, 5) is 11.7. The van der Waals surface area contributed by atoms with Gasteiger partial charge < -0.3 is 10.1 Å². The minimum absolute atomic E-state index is 0.0961. The van der Waals surface area contributed by atoms with Crippen molar-refractivity contribution < 1.29 is 9.53 Å². The van der Waals surface area contributed by atoms with E-state index in [-0.39, 0.29) is 5.91 Å². The van der Waals surface area contributed by atoms with E-state index < -0.39 is 5.54 Å². The van der Waals surface area contributed by atoms with E-state index >= 15 is 0 Å². The average molecular weight is 231 g/mol. The molecule has 0 aromatic heterocycles. The fourth-order valence-corrected chi connectivity index (χ4v) is 1.40. The molecule has 0 unspecified atom stereocenters. The van der Waals surface area contributed by atoms with Gasteiger partial charge in [-0.1, -0.05) is 18.1 Å². The zero-order valence-corrected chi connectivity index (χ0v) is 10.4. The fourth-order valence-electron chi connectivity index (χ4n) is 1.40. The monoisotopic (exact) mass is 231 g/mol. The first-order valence-corrected chi connectivity index (χ1v) is 5.38. The molecular formula is C14H17NO2. The van der Waals surface area contributed by atoms with E-state index in [2.05, 4.69) is 11.2 Å². The van der Waals surface area contributed by atoms with Crippen molar-refractivity contribution in [2.45, 2.75) is 25.8 Å². The molecule has 0 heterocycles. The maximum Gasteiger partial charge on any atom is 0.225 e. The number of benzene rings is 1. The molecule has 0 aliphatic heterocycles. The summed E-state index contributed by atoms with van der Waals surface area (Å²) in [5.74, 6) is 3.17. The highest BCUT2D eigenvalue weighted by atomic mass is 16.5. The van der Waals surface area contributed by atoms with Crippen molar-refractivity contribution in [2.24, 2.45) is 0 Å². The van der Waals surface area contributed by atoms with Crippen LogP contribution in [0.5, 0.6) is 5.75 Å². The van der Waals surface area contributed by atoms with Crippen LogP contribution in [0, 0.1) is 12.3 Å². The van der Waals surface area contributed by atoms with Gasteiger partial charge in [0.2, 0.25) is 5.91 Å². The largest absolute Gasteiger partial charge is 0.497 e. The molecule has 1 amide bonds. The first-order chi connectivity index (χ1) is 7.96. The van der Waals surface area contributed by atoms with E-state index in [1.165, 1.54) is 0 Å². The Labute approximate surface area is 102 Å². The van der Waals surface area contributed by atoms with Crippen LogP contribution in [-0.2, 0) is 11.2 Å². The molecular weight excluding hydrogens is 214 g/mol. The number of hydrogen-bond donors (Lipinski definition) is 1. The summed E-state index contributed by atoms with van der Waals surface area (Å²) in [7, 11) is 1.60. The highest BCUT2D eigenvalue weighted by molar-refractivity contribution is 5.79. The molecule has 3 heteroatoms. The van der Waals surface area contributed by atoms with E-state index in [4.69, 9.17) is 11.2 Å². The molecule has 0 radical (unpaired) electrons. The van der Waals surface area contributed by atoms with Crippen LogP contribution in [0.15, 0.2) is 24.3 Å². The zero-order valence-electron chi connectivity index (χ0n) is 10.4. The number of rotatable bonds is 4. The molecule has 3 nitrogen and oxygen atoms in total. The van der Waals surface area contributed by atoms with Crippen molar-refractivity contribution in [2.75, 3.05) is 7.11 Å². The summed E-state index contributed by atoms with van der Waals surface area (Å²) in [5.41, 5.74) is 0.283. The van der Waals surface area contributed by atoms with E-state index in [9.17, 15) is 4.79 Å². The van der Waals surface area contributed by atoms with Gasteiger partial charge in [0.15, 0.2) is 0 Å². The minimum atomic E-state index is -0.615. The summed E-state index contributed by atoms with van der Waals surface area (Å²) in [5, 5.41) is 2.78. The molecule has 0 saturated carbocycles. The molecule has 0 spiro atoms. The Bertz CT molecular complexity index is 444. The molecule has 0 aliphatic carbocycles. The van der Waals surface area contributed by atoms with E-state index in [1.807, 2.05) is 24.3 Å². The molecule has 1 aromatic rings. The van der Waals surface area contributed by atoms with Crippen LogP contribution in [0.4, 0.5) is 0 Å². The molecule has 17 heavy (non-hydrogen) atoms. The Hall–Kier alpha value is -1.95. The van der Waals surface area contributed by atoms with Crippen molar-refractivity contribution in [3.8, 4) is 18.1 Å². The SMILES string of the molecule is C#CC(C)(C)NC(=O)Cc1cccc(OC)c1. The summed E-state index contributed by atoms with van der Waals surface area (Å²) in [6.07, 6.45) is 5.60. The Balaban J connectivity index is 2.66. The van der Waals surface area contributed by atoms with Crippen LogP contribution in [0.25, 0.3) is 0 Å². The average Bonchev–Trinajstić information content (AvgIpc) is 2.28. The van der Waals surface area contributed by atoms with E-state index in [0.29, 0.717) is 6.42 Å². The standard InChI is InChI=1S/C14H17NO2/c1-5-14(2,3)15-13(16)10-11-7-6-8-12(9-11)17-4/h1,6-9H,10H2,2-4H3,(H,15,16). The molecule has 90 valence electrons. The summed E-state index contributed by atoms with van der Waals surface area (Å²) >= 11 is 0. The number of terminal acetylenes is 1. The Morgan fingerprint density at radius 2 is 2.24 bits per heavy atom. The van der Waals surface area contributed by atoms with Gasteiger partial charge >= 0.3 is 0 Å². The molecule has 0 bridgehead atoms. The highest BCUT2D eigenvalue weighted by Crippen LogP contribution is 2.13. The second-order valence-corrected chi connectivity index (χ2v) is 4.35. The Morgan fingerprint density at radius 1 is 1.53 bits per heavy atom. The number of ether oxygens (including phenoxy) is 1. The maximum absolute atomic E-state index is 11.7. The van der Waals surface area contributed by atoms with Gasteiger partial charge in [0.05, 0.1) is 19.1 Å². The second kappa shape index (κ2) is 5.40. The van der Waals surface area contributed by atoms with Gasteiger partial charge in [0.25, 0.3) is 0 Å². The lowest BCUT2D eigenvalue weighted by Crippen LogP contribution is -2.42. The summed E-state index contributed by atoms with van der Waals surface area (Å²) in [6, 6.07) is 7.41. The smallest absolute Gasteiger partial charge is 0.225 e. The number of hydrogen-bond acceptors (Lipinski definition) is 2. The lowest BCUT2D eigenvalue weighted by Gasteiger charge is -2.19. The number of amides is 1. The first kappa shape index (κ1) is 13.1. The Kier molecular flexibility index (Phi) is 4.17. The lowest BCUT2D eigenvalue weighted by atomic mass is 10.1. The van der Waals surface area contributed by atoms with Crippen molar-refractivity contribution in [1.29, 1.82) is 0 Å². The van der Waals surface area contributed by atoms with Crippen LogP contribution < -0.4 is 10.1 Å². The van der Waals surface area contributed by atoms with Crippen molar-refractivity contribution >= 4 is 5.91 Å². The van der Waals surface area contributed by atoms with Gasteiger partial charge in [0, 0.05) is 0 Å². The Morgan fingerprint density at radius 3 is 2.82 bits per heavy atom. The normalized spacial score (nSPS) is 10.5. The number of methoxy groups -OCH3 is 1. The molecule has 1 aromatic carbocycles. The third-order valence-electron chi connectivity index (χ3n) is 2.31. The molecule has 0 aliphatic rings. The molecule has 0 atom stereocenters. The van der Waals surface area contributed by atoms with Crippen LogP contribution in [0.1, 0.15) is 19.4 Å². The number of carbonyl (C=O) groups excluding carboxylic acids is 1. The van der Waals surface area contributed by atoms with Crippen molar-refractivity contribution in [3.63, 3.8) is 0 Å². The van der Waals surface area contributed by atoms with Gasteiger partial charge in [-0.25, -0.2) is 0 Å². The predicted molar refractivity (Wildman–Crippen MR) is 67.8 cm³/mol. The second-order valence-electron chi connectivity index (χ2n) is 4.35. The zero-order chi connectivity index (χ0) is 12.9. The highest BCUT2D eigenvalue weighted by Gasteiger charge is 2.16. The van der Waals surface area contributed by atoms with Crippen LogP contribution in [-0.4, -0.2) is 18.6 Å². The maximum atomic E-state index is 11.7. The van der Waals surface area contributed by atoms with Gasteiger partial charge in [-0.15, -0.1) is 6.42 Å². The lowest BCUT2D eigenvalue weighted by molar-refractivity contribution is -0.121. The fraction of sp³-hybridized carbons (Fsp3) is 0.357. The summed E-state index contributed by atoms with van der Waals surface area (Å²) in [6.45, 7) is 3.58. The third kappa shape index (κ3) is 4.20. The van der Waals surface area contributed by atoms with Gasteiger partial charge in [-0.05, 0) is 31.5 Å². The van der Waals surface area contributed by atoms with Gasteiger partial charge in [-0.3, -0.25) is 4.79 Å².